The van der Waals surface area contributed by atoms with Crippen LogP contribution in [0.1, 0.15) is 33.0 Å². The van der Waals surface area contributed by atoms with E-state index in [1.54, 1.807) is 24.7 Å². The zero-order valence-corrected chi connectivity index (χ0v) is 10.4. The van der Waals surface area contributed by atoms with E-state index < -0.39 is 14.6 Å². The molecule has 5 nitrogen and oxygen atoms in total. The maximum atomic E-state index is 11.6. The summed E-state index contributed by atoms with van der Waals surface area (Å²) in [6.45, 7) is 6.07. The van der Waals surface area contributed by atoms with Gasteiger partial charge in [0.15, 0.2) is 15.7 Å². The van der Waals surface area contributed by atoms with Crippen LogP contribution in [0.15, 0.2) is 6.33 Å². The van der Waals surface area contributed by atoms with Gasteiger partial charge >= 0.3 is 0 Å². The lowest BCUT2D eigenvalue weighted by atomic mass is 10.2. The molecular formula is C9H17N3O2S. The van der Waals surface area contributed by atoms with Gasteiger partial charge in [-0.3, -0.25) is 0 Å². The van der Waals surface area contributed by atoms with E-state index >= 15 is 0 Å². The first kappa shape index (κ1) is 12.2. The molecular weight excluding hydrogens is 214 g/mol. The molecule has 0 aliphatic carbocycles. The molecule has 0 radical (unpaired) electrons. The van der Waals surface area contributed by atoms with Gasteiger partial charge in [-0.15, -0.1) is 10.2 Å². The first-order chi connectivity index (χ1) is 6.80. The molecule has 15 heavy (non-hydrogen) atoms. The molecule has 1 rings (SSSR count). The normalized spacial score (nSPS) is 13.1. The van der Waals surface area contributed by atoms with Gasteiger partial charge in [-0.2, -0.15) is 0 Å². The molecule has 0 saturated heterocycles. The zero-order valence-electron chi connectivity index (χ0n) is 9.56. The lowest BCUT2D eigenvalue weighted by molar-refractivity contribution is 0.525. The summed E-state index contributed by atoms with van der Waals surface area (Å²) in [5.74, 6) is 0.506. The Hall–Kier alpha value is -0.910. The van der Waals surface area contributed by atoms with Gasteiger partial charge in [-0.25, -0.2) is 8.42 Å². The number of hydrogen-bond acceptors (Lipinski definition) is 4. The Balaban J connectivity index is 3.21. The van der Waals surface area contributed by atoms with Crippen LogP contribution < -0.4 is 0 Å². The second-order valence-electron chi connectivity index (χ2n) is 4.13. The number of sulfone groups is 1. The van der Waals surface area contributed by atoms with E-state index in [0.29, 0.717) is 5.82 Å². The molecule has 1 heterocycles. The predicted octanol–water partition coefficient (Wildman–Crippen LogP) is 0.968. The molecule has 0 spiro atoms. The molecule has 0 N–H and O–H groups in total. The summed E-state index contributed by atoms with van der Waals surface area (Å²) < 4.78 is 24.1. The molecule has 86 valence electrons. The molecule has 0 saturated carbocycles. The molecule has 0 aliphatic heterocycles. The molecule has 6 heteroatoms. The summed E-state index contributed by atoms with van der Waals surface area (Å²) in [6.07, 6.45) is 3.72. The molecule has 1 aromatic rings. The van der Waals surface area contributed by atoms with Crippen LogP contribution in [0.2, 0.25) is 0 Å². The highest BCUT2D eigenvalue weighted by atomic mass is 32.2. The fourth-order valence-electron chi connectivity index (χ4n) is 1.29. The van der Waals surface area contributed by atoms with Crippen LogP contribution in [-0.4, -0.2) is 29.4 Å². The van der Waals surface area contributed by atoms with Crippen molar-refractivity contribution in [3.63, 3.8) is 0 Å². The van der Waals surface area contributed by atoms with Crippen molar-refractivity contribution in [2.75, 3.05) is 6.26 Å². The van der Waals surface area contributed by atoms with Crippen LogP contribution in [-0.2, 0) is 21.1 Å². The maximum Gasteiger partial charge on any atom is 0.159 e. The molecule has 0 fully saturated rings. The number of rotatable bonds is 4. The minimum absolute atomic E-state index is 0.506. The average Bonchev–Trinajstić information content (AvgIpc) is 2.51. The largest absolute Gasteiger partial charge is 0.316 e. The number of hydrogen-bond donors (Lipinski definition) is 0. The van der Waals surface area contributed by atoms with Crippen molar-refractivity contribution in [3.05, 3.63) is 12.2 Å². The summed E-state index contributed by atoms with van der Waals surface area (Å²) in [5.41, 5.74) is 0. The van der Waals surface area contributed by atoms with Crippen molar-refractivity contribution >= 4 is 9.84 Å². The third kappa shape index (κ3) is 2.19. The van der Waals surface area contributed by atoms with Crippen LogP contribution in [0.5, 0.6) is 0 Å². The summed E-state index contributed by atoms with van der Waals surface area (Å²) in [6, 6.07) is 0. The van der Waals surface area contributed by atoms with Crippen molar-refractivity contribution in [1.29, 1.82) is 0 Å². The van der Waals surface area contributed by atoms with Crippen LogP contribution in [0.25, 0.3) is 0 Å². The molecule has 1 aromatic heterocycles. The Morgan fingerprint density at radius 1 is 1.47 bits per heavy atom. The fraction of sp³-hybridized carbons (Fsp3) is 0.778. The Morgan fingerprint density at radius 3 is 2.53 bits per heavy atom. The fourth-order valence-corrected chi connectivity index (χ4v) is 1.78. The molecule has 0 aromatic carbocycles. The molecule has 0 atom stereocenters. The van der Waals surface area contributed by atoms with Crippen molar-refractivity contribution < 1.29 is 8.42 Å². The van der Waals surface area contributed by atoms with Gasteiger partial charge < -0.3 is 4.57 Å². The SMILES string of the molecule is CCCn1cnnc1C(C)(C)S(C)(=O)=O. The third-order valence-corrected chi connectivity index (χ3v) is 4.58. The highest BCUT2D eigenvalue weighted by Crippen LogP contribution is 2.26. The number of aryl methyl sites for hydroxylation is 1. The second-order valence-corrected chi connectivity index (χ2v) is 6.70. The zero-order chi connectivity index (χ0) is 11.7. The number of nitrogens with zero attached hydrogens (tertiary/aromatic N) is 3. The maximum absolute atomic E-state index is 11.6. The molecule has 0 bridgehead atoms. The van der Waals surface area contributed by atoms with E-state index in [2.05, 4.69) is 10.2 Å². The van der Waals surface area contributed by atoms with E-state index in [4.69, 9.17) is 0 Å². The highest BCUT2D eigenvalue weighted by Gasteiger charge is 2.36. The van der Waals surface area contributed by atoms with Crippen molar-refractivity contribution in [1.82, 2.24) is 14.8 Å². The molecule has 0 unspecified atom stereocenters. The average molecular weight is 231 g/mol. The van der Waals surface area contributed by atoms with E-state index in [0.717, 1.165) is 13.0 Å². The Bertz CT molecular complexity index is 434. The quantitative estimate of drug-likeness (QED) is 0.774. The van der Waals surface area contributed by atoms with Crippen molar-refractivity contribution in [2.24, 2.45) is 0 Å². The van der Waals surface area contributed by atoms with Crippen molar-refractivity contribution in [2.45, 2.75) is 38.5 Å². The lowest BCUT2D eigenvalue weighted by Gasteiger charge is -2.21. The smallest absolute Gasteiger partial charge is 0.159 e. The Morgan fingerprint density at radius 2 is 2.07 bits per heavy atom. The van der Waals surface area contributed by atoms with Gasteiger partial charge in [0.05, 0.1) is 0 Å². The van der Waals surface area contributed by atoms with E-state index in [1.807, 2.05) is 6.92 Å². The van der Waals surface area contributed by atoms with Gasteiger partial charge in [0, 0.05) is 12.8 Å². The van der Waals surface area contributed by atoms with Gasteiger partial charge in [0.1, 0.15) is 11.1 Å². The first-order valence-electron chi connectivity index (χ1n) is 4.88. The Kier molecular flexibility index (Phi) is 3.18. The van der Waals surface area contributed by atoms with Crippen molar-refractivity contribution in [3.8, 4) is 0 Å². The molecule has 0 aliphatic rings. The monoisotopic (exact) mass is 231 g/mol. The highest BCUT2D eigenvalue weighted by molar-refractivity contribution is 7.91. The first-order valence-corrected chi connectivity index (χ1v) is 6.77. The summed E-state index contributed by atoms with van der Waals surface area (Å²) in [5, 5.41) is 7.68. The van der Waals surface area contributed by atoms with Crippen LogP contribution >= 0.6 is 0 Å². The number of aromatic nitrogens is 3. The van der Waals surface area contributed by atoms with Crippen LogP contribution in [0.4, 0.5) is 0 Å². The summed E-state index contributed by atoms with van der Waals surface area (Å²) in [7, 11) is -3.19. The molecule has 0 amide bonds. The topological polar surface area (TPSA) is 64.8 Å². The van der Waals surface area contributed by atoms with Crippen LogP contribution in [0, 0.1) is 0 Å². The van der Waals surface area contributed by atoms with Gasteiger partial charge in [-0.1, -0.05) is 6.92 Å². The van der Waals surface area contributed by atoms with E-state index in [-0.39, 0.29) is 0 Å². The van der Waals surface area contributed by atoms with Gasteiger partial charge in [0.25, 0.3) is 0 Å². The van der Waals surface area contributed by atoms with E-state index in [1.165, 1.54) is 6.26 Å². The second kappa shape index (κ2) is 3.92. The lowest BCUT2D eigenvalue weighted by Crippen LogP contribution is -2.31. The Labute approximate surface area is 90.4 Å². The van der Waals surface area contributed by atoms with E-state index in [9.17, 15) is 8.42 Å². The standard InChI is InChI=1S/C9H17N3O2S/c1-5-6-12-7-10-11-8(12)9(2,3)15(4,13)14/h7H,5-6H2,1-4H3. The third-order valence-electron chi connectivity index (χ3n) is 2.55. The van der Waals surface area contributed by atoms with Crippen LogP contribution in [0.3, 0.4) is 0 Å². The predicted molar refractivity (Wildman–Crippen MR) is 58.2 cm³/mol. The minimum atomic E-state index is -3.19. The summed E-state index contributed by atoms with van der Waals surface area (Å²) in [4.78, 5) is 0. The minimum Gasteiger partial charge on any atom is -0.316 e. The van der Waals surface area contributed by atoms with Gasteiger partial charge in [0.2, 0.25) is 0 Å². The summed E-state index contributed by atoms with van der Waals surface area (Å²) >= 11 is 0. The van der Waals surface area contributed by atoms with Gasteiger partial charge in [-0.05, 0) is 20.3 Å².